The number of imidazole rings is 1. The minimum Gasteiger partial charge on any atom is -0.369 e. The summed E-state index contributed by atoms with van der Waals surface area (Å²) in [6.07, 6.45) is 1.83. The Bertz CT molecular complexity index is 485. The van der Waals surface area contributed by atoms with Crippen LogP contribution >= 0.6 is 23.2 Å². The van der Waals surface area contributed by atoms with Crippen LogP contribution in [0.1, 0.15) is 5.69 Å². The first-order valence-corrected chi connectivity index (χ1v) is 5.10. The Morgan fingerprint density at radius 1 is 1.20 bits per heavy atom. The third kappa shape index (κ3) is 2.08. The van der Waals surface area contributed by atoms with Crippen molar-refractivity contribution >= 4 is 29.2 Å². The maximum Gasteiger partial charge on any atom is 0.205 e. The van der Waals surface area contributed by atoms with Crippen molar-refractivity contribution in [2.45, 2.75) is 6.92 Å². The maximum absolute atomic E-state index is 5.90. The van der Waals surface area contributed by atoms with Crippen LogP contribution in [-0.2, 0) is 0 Å². The number of hydrogen-bond donors (Lipinski definition) is 1. The summed E-state index contributed by atoms with van der Waals surface area (Å²) in [6, 6.07) is 5.24. The molecule has 0 radical (unpaired) electrons. The number of hydrogen-bond acceptors (Lipinski definition) is 2. The summed E-state index contributed by atoms with van der Waals surface area (Å²) >= 11 is 11.8. The van der Waals surface area contributed by atoms with Crippen molar-refractivity contribution < 1.29 is 0 Å². The topological polar surface area (TPSA) is 43.8 Å². The van der Waals surface area contributed by atoms with Gasteiger partial charge in [-0.1, -0.05) is 23.2 Å². The van der Waals surface area contributed by atoms with Gasteiger partial charge in [0.15, 0.2) is 0 Å². The van der Waals surface area contributed by atoms with Crippen LogP contribution in [-0.4, -0.2) is 9.55 Å². The summed E-state index contributed by atoms with van der Waals surface area (Å²) in [4.78, 5) is 4.10. The van der Waals surface area contributed by atoms with Crippen LogP contribution in [0.2, 0.25) is 10.0 Å². The molecule has 5 heteroatoms. The van der Waals surface area contributed by atoms with Gasteiger partial charge < -0.3 is 5.73 Å². The van der Waals surface area contributed by atoms with Crippen molar-refractivity contribution in [1.29, 1.82) is 0 Å². The molecular formula is C10H9Cl2N3. The molecular weight excluding hydrogens is 233 g/mol. The van der Waals surface area contributed by atoms with Crippen LogP contribution in [0.5, 0.6) is 0 Å². The molecule has 2 rings (SSSR count). The molecule has 1 aromatic carbocycles. The molecule has 0 unspecified atom stereocenters. The van der Waals surface area contributed by atoms with Crippen molar-refractivity contribution in [3.63, 3.8) is 0 Å². The Balaban J connectivity index is 2.58. The number of anilines is 1. The predicted molar refractivity (Wildman–Crippen MR) is 62.7 cm³/mol. The van der Waals surface area contributed by atoms with Gasteiger partial charge in [-0.05, 0) is 25.1 Å². The molecule has 78 valence electrons. The predicted octanol–water partition coefficient (Wildman–Crippen LogP) is 3.07. The Labute approximate surface area is 97.4 Å². The highest BCUT2D eigenvalue weighted by Crippen LogP contribution is 2.23. The summed E-state index contributed by atoms with van der Waals surface area (Å²) in [6.45, 7) is 1.87. The van der Waals surface area contributed by atoms with Gasteiger partial charge in [-0.2, -0.15) is 0 Å². The number of nitrogens with two attached hydrogens (primary N) is 1. The molecule has 0 bridgehead atoms. The highest BCUT2D eigenvalue weighted by Gasteiger charge is 2.05. The zero-order valence-corrected chi connectivity index (χ0v) is 9.55. The van der Waals surface area contributed by atoms with Gasteiger partial charge >= 0.3 is 0 Å². The van der Waals surface area contributed by atoms with Crippen molar-refractivity contribution in [2.24, 2.45) is 0 Å². The normalized spacial score (nSPS) is 10.6. The first-order valence-electron chi connectivity index (χ1n) is 4.34. The van der Waals surface area contributed by atoms with Crippen molar-refractivity contribution in [2.75, 3.05) is 5.73 Å². The maximum atomic E-state index is 5.90. The van der Waals surface area contributed by atoms with Gasteiger partial charge in [-0.3, -0.25) is 4.57 Å². The zero-order valence-electron chi connectivity index (χ0n) is 8.04. The number of rotatable bonds is 1. The Hall–Kier alpha value is -1.19. The number of halogens is 2. The molecule has 3 nitrogen and oxygen atoms in total. The van der Waals surface area contributed by atoms with E-state index in [1.54, 1.807) is 22.8 Å². The third-order valence-corrected chi connectivity index (χ3v) is 2.42. The van der Waals surface area contributed by atoms with Crippen molar-refractivity contribution in [3.8, 4) is 5.69 Å². The van der Waals surface area contributed by atoms with Gasteiger partial charge in [0.2, 0.25) is 5.95 Å². The quantitative estimate of drug-likeness (QED) is 0.835. The highest BCUT2D eigenvalue weighted by atomic mass is 35.5. The second kappa shape index (κ2) is 3.76. The molecule has 0 spiro atoms. The minimum atomic E-state index is 0.422. The van der Waals surface area contributed by atoms with Gasteiger partial charge in [-0.25, -0.2) is 4.98 Å². The number of nitrogen functional groups attached to an aromatic ring is 1. The summed E-state index contributed by atoms with van der Waals surface area (Å²) in [5.74, 6) is 0.422. The lowest BCUT2D eigenvalue weighted by molar-refractivity contribution is 1.07. The average Bonchev–Trinajstić information content (AvgIpc) is 2.43. The molecule has 0 atom stereocenters. The van der Waals surface area contributed by atoms with E-state index >= 15 is 0 Å². The zero-order chi connectivity index (χ0) is 11.0. The Kier molecular flexibility index (Phi) is 2.59. The SMILES string of the molecule is Cc1cn(-c2cc(Cl)cc(Cl)c2)c(N)n1. The smallest absolute Gasteiger partial charge is 0.205 e. The largest absolute Gasteiger partial charge is 0.369 e. The van der Waals surface area contributed by atoms with E-state index in [0.717, 1.165) is 11.4 Å². The van der Waals surface area contributed by atoms with E-state index in [0.29, 0.717) is 16.0 Å². The van der Waals surface area contributed by atoms with E-state index in [9.17, 15) is 0 Å². The van der Waals surface area contributed by atoms with Crippen molar-refractivity contribution in [3.05, 3.63) is 40.1 Å². The van der Waals surface area contributed by atoms with E-state index < -0.39 is 0 Å². The van der Waals surface area contributed by atoms with Gasteiger partial charge in [0.05, 0.1) is 11.4 Å². The fraction of sp³-hybridized carbons (Fsp3) is 0.100. The summed E-state index contributed by atoms with van der Waals surface area (Å²) in [7, 11) is 0. The van der Waals surface area contributed by atoms with Crippen LogP contribution in [0.3, 0.4) is 0 Å². The molecule has 0 aliphatic carbocycles. The van der Waals surface area contributed by atoms with Gasteiger partial charge in [0.1, 0.15) is 0 Å². The Morgan fingerprint density at radius 3 is 2.27 bits per heavy atom. The van der Waals surface area contributed by atoms with Crippen LogP contribution < -0.4 is 5.73 Å². The van der Waals surface area contributed by atoms with E-state index in [1.165, 1.54) is 0 Å². The lowest BCUT2D eigenvalue weighted by Gasteiger charge is -2.05. The molecule has 15 heavy (non-hydrogen) atoms. The van der Waals surface area contributed by atoms with Gasteiger partial charge in [0, 0.05) is 16.2 Å². The van der Waals surface area contributed by atoms with Crippen LogP contribution in [0.15, 0.2) is 24.4 Å². The first kappa shape index (κ1) is 10.3. The van der Waals surface area contributed by atoms with E-state index in [-0.39, 0.29) is 0 Å². The summed E-state index contributed by atoms with van der Waals surface area (Å²) in [5.41, 5.74) is 7.40. The third-order valence-electron chi connectivity index (χ3n) is 1.98. The fourth-order valence-corrected chi connectivity index (χ4v) is 1.92. The monoisotopic (exact) mass is 241 g/mol. The van der Waals surface area contributed by atoms with Crippen LogP contribution in [0, 0.1) is 6.92 Å². The molecule has 0 saturated carbocycles. The Morgan fingerprint density at radius 2 is 1.80 bits per heavy atom. The van der Waals surface area contributed by atoms with Gasteiger partial charge in [-0.15, -0.1) is 0 Å². The van der Waals surface area contributed by atoms with E-state index in [1.807, 2.05) is 13.1 Å². The molecule has 2 aromatic rings. The van der Waals surface area contributed by atoms with Gasteiger partial charge in [0.25, 0.3) is 0 Å². The lowest BCUT2D eigenvalue weighted by atomic mass is 10.3. The van der Waals surface area contributed by atoms with E-state index in [2.05, 4.69) is 4.98 Å². The van der Waals surface area contributed by atoms with Crippen LogP contribution in [0.25, 0.3) is 5.69 Å². The molecule has 1 aromatic heterocycles. The first-order chi connectivity index (χ1) is 7.06. The molecule has 0 aliphatic rings. The second-order valence-corrected chi connectivity index (χ2v) is 4.11. The highest BCUT2D eigenvalue weighted by molar-refractivity contribution is 6.34. The molecule has 0 aliphatic heterocycles. The van der Waals surface area contributed by atoms with Crippen molar-refractivity contribution in [1.82, 2.24) is 9.55 Å². The fourth-order valence-electron chi connectivity index (χ4n) is 1.40. The molecule has 0 fully saturated rings. The number of nitrogens with zero attached hydrogens (tertiary/aromatic N) is 2. The number of aryl methyl sites for hydroxylation is 1. The lowest BCUT2D eigenvalue weighted by Crippen LogP contribution is -1.99. The second-order valence-electron chi connectivity index (χ2n) is 3.24. The molecule has 0 saturated heterocycles. The molecule has 0 amide bonds. The molecule has 2 N–H and O–H groups in total. The number of aromatic nitrogens is 2. The standard InChI is InChI=1S/C10H9Cl2N3/c1-6-5-15(10(13)14-6)9-3-7(11)2-8(12)4-9/h2-5H,1H3,(H2,13,14). The average molecular weight is 242 g/mol. The summed E-state index contributed by atoms with van der Waals surface area (Å²) in [5, 5.41) is 1.14. The van der Waals surface area contributed by atoms with Crippen LogP contribution in [0.4, 0.5) is 5.95 Å². The van der Waals surface area contributed by atoms with E-state index in [4.69, 9.17) is 28.9 Å². The summed E-state index contributed by atoms with van der Waals surface area (Å²) < 4.78 is 1.74. The minimum absolute atomic E-state index is 0.422. The number of benzene rings is 1. The molecule has 1 heterocycles.